The van der Waals surface area contributed by atoms with Crippen LogP contribution in [0.15, 0.2) is 48.5 Å². The van der Waals surface area contributed by atoms with E-state index < -0.39 is 9.84 Å². The first kappa shape index (κ1) is 22.2. The van der Waals surface area contributed by atoms with Gasteiger partial charge in [0.25, 0.3) is 5.91 Å². The van der Waals surface area contributed by atoms with Crippen molar-refractivity contribution in [3.63, 3.8) is 0 Å². The summed E-state index contributed by atoms with van der Waals surface area (Å²) in [6, 6.07) is 14.7. The smallest absolute Gasteiger partial charge is 0.254 e. The van der Waals surface area contributed by atoms with E-state index in [0.29, 0.717) is 25.1 Å². The van der Waals surface area contributed by atoms with Crippen LogP contribution in [0.25, 0.3) is 0 Å². The molecule has 0 aromatic heterocycles. The third-order valence-corrected chi connectivity index (χ3v) is 7.04. The van der Waals surface area contributed by atoms with E-state index in [1.165, 1.54) is 0 Å². The van der Waals surface area contributed by atoms with Crippen LogP contribution in [0.3, 0.4) is 0 Å². The molecule has 1 aliphatic heterocycles. The SMILES string of the molecule is CCCOc1ccc(C(=O)N(Cc2ccc(N(C)C)cc2)[C@H]2CCS(=O)(=O)C2)cc1. The molecule has 0 unspecified atom stereocenters. The predicted molar refractivity (Wildman–Crippen MR) is 120 cm³/mol. The molecule has 2 aromatic carbocycles. The van der Waals surface area contributed by atoms with Gasteiger partial charge in [0.05, 0.1) is 18.1 Å². The van der Waals surface area contributed by atoms with Crippen LogP contribution in [0, 0.1) is 0 Å². The van der Waals surface area contributed by atoms with Crippen molar-refractivity contribution in [1.29, 1.82) is 0 Å². The second-order valence-electron chi connectivity index (χ2n) is 7.92. The summed E-state index contributed by atoms with van der Waals surface area (Å²) in [5.41, 5.74) is 2.58. The summed E-state index contributed by atoms with van der Waals surface area (Å²) in [7, 11) is 0.845. The van der Waals surface area contributed by atoms with E-state index in [1.807, 2.05) is 50.2 Å². The van der Waals surface area contributed by atoms with Crippen molar-refractivity contribution in [3.8, 4) is 5.75 Å². The standard InChI is InChI=1S/C23H30N2O4S/c1-4-14-29-22-11-7-19(8-12-22)23(26)25(21-13-15-30(27,28)17-21)16-18-5-9-20(10-6-18)24(2)3/h5-12,21H,4,13-17H2,1-3H3/t21-/m0/s1. The first-order valence-corrected chi connectivity index (χ1v) is 12.1. The Labute approximate surface area is 179 Å². The summed E-state index contributed by atoms with van der Waals surface area (Å²) in [5, 5.41) is 0. The molecule has 1 atom stereocenters. The van der Waals surface area contributed by atoms with E-state index in [4.69, 9.17) is 4.74 Å². The van der Waals surface area contributed by atoms with E-state index >= 15 is 0 Å². The van der Waals surface area contributed by atoms with Gasteiger partial charge < -0.3 is 14.5 Å². The molecule has 0 bridgehead atoms. The van der Waals surface area contributed by atoms with Crippen molar-refractivity contribution in [3.05, 3.63) is 59.7 Å². The van der Waals surface area contributed by atoms with Gasteiger partial charge in [-0.25, -0.2) is 8.42 Å². The fourth-order valence-electron chi connectivity index (χ4n) is 3.56. The molecule has 1 fully saturated rings. The third kappa shape index (κ3) is 5.53. The van der Waals surface area contributed by atoms with E-state index in [2.05, 4.69) is 0 Å². The number of hydrogen-bond donors (Lipinski definition) is 0. The molecule has 3 rings (SSSR count). The molecule has 162 valence electrons. The van der Waals surface area contributed by atoms with E-state index in [0.717, 1.165) is 23.4 Å². The van der Waals surface area contributed by atoms with Crippen molar-refractivity contribution in [2.75, 3.05) is 37.1 Å². The number of anilines is 1. The Kier molecular flexibility index (Phi) is 7.02. The lowest BCUT2D eigenvalue weighted by Crippen LogP contribution is -2.40. The van der Waals surface area contributed by atoms with Gasteiger partial charge in [0, 0.05) is 37.9 Å². The van der Waals surface area contributed by atoms with Crippen LogP contribution in [0.4, 0.5) is 5.69 Å². The molecule has 7 heteroatoms. The van der Waals surface area contributed by atoms with Crippen LogP contribution in [0.2, 0.25) is 0 Å². The van der Waals surface area contributed by atoms with Crippen molar-refractivity contribution >= 4 is 21.4 Å². The van der Waals surface area contributed by atoms with Gasteiger partial charge in [-0.05, 0) is 54.8 Å². The van der Waals surface area contributed by atoms with Crippen LogP contribution < -0.4 is 9.64 Å². The lowest BCUT2D eigenvalue weighted by Gasteiger charge is -2.29. The van der Waals surface area contributed by atoms with E-state index in [9.17, 15) is 13.2 Å². The molecule has 0 radical (unpaired) electrons. The molecule has 0 saturated carbocycles. The quantitative estimate of drug-likeness (QED) is 0.642. The molecule has 1 saturated heterocycles. The van der Waals surface area contributed by atoms with Crippen LogP contribution >= 0.6 is 0 Å². The molecule has 0 aliphatic carbocycles. The average Bonchev–Trinajstić information content (AvgIpc) is 3.10. The van der Waals surface area contributed by atoms with Gasteiger partial charge in [0.2, 0.25) is 0 Å². The van der Waals surface area contributed by atoms with Crippen LogP contribution in [0.1, 0.15) is 35.7 Å². The van der Waals surface area contributed by atoms with Crippen LogP contribution in [-0.2, 0) is 16.4 Å². The third-order valence-electron chi connectivity index (χ3n) is 5.29. The first-order valence-electron chi connectivity index (χ1n) is 10.3. The van der Waals surface area contributed by atoms with Crippen molar-refractivity contribution < 1.29 is 17.9 Å². The predicted octanol–water partition coefficient (Wildman–Crippen LogP) is 3.37. The maximum Gasteiger partial charge on any atom is 0.254 e. The highest BCUT2D eigenvalue weighted by atomic mass is 32.2. The molecular weight excluding hydrogens is 400 g/mol. The van der Waals surface area contributed by atoms with Gasteiger partial charge in [-0.15, -0.1) is 0 Å². The Hall–Kier alpha value is -2.54. The highest BCUT2D eigenvalue weighted by Crippen LogP contribution is 2.24. The number of rotatable bonds is 8. The molecule has 1 aliphatic rings. The Morgan fingerprint density at radius 2 is 1.73 bits per heavy atom. The van der Waals surface area contributed by atoms with Gasteiger partial charge in [0.15, 0.2) is 9.84 Å². The summed E-state index contributed by atoms with van der Waals surface area (Å²) >= 11 is 0. The minimum absolute atomic E-state index is 0.0201. The van der Waals surface area contributed by atoms with E-state index in [-0.39, 0.29) is 23.5 Å². The fraction of sp³-hybridized carbons (Fsp3) is 0.435. The van der Waals surface area contributed by atoms with Gasteiger partial charge in [-0.1, -0.05) is 19.1 Å². The number of carbonyl (C=O) groups excluding carboxylic acids is 1. The lowest BCUT2D eigenvalue weighted by atomic mass is 10.1. The van der Waals surface area contributed by atoms with Gasteiger partial charge in [-0.2, -0.15) is 0 Å². The molecule has 1 heterocycles. The molecule has 0 N–H and O–H groups in total. The lowest BCUT2D eigenvalue weighted by molar-refractivity contribution is 0.0681. The second kappa shape index (κ2) is 9.51. The first-order chi connectivity index (χ1) is 14.3. The topological polar surface area (TPSA) is 66.9 Å². The van der Waals surface area contributed by atoms with Crippen molar-refractivity contribution in [2.45, 2.75) is 32.4 Å². The number of benzene rings is 2. The monoisotopic (exact) mass is 430 g/mol. The molecule has 1 amide bonds. The Balaban J connectivity index is 1.82. The highest BCUT2D eigenvalue weighted by molar-refractivity contribution is 7.91. The van der Waals surface area contributed by atoms with Gasteiger partial charge >= 0.3 is 0 Å². The molecule has 6 nitrogen and oxygen atoms in total. The number of hydrogen-bond acceptors (Lipinski definition) is 5. The summed E-state index contributed by atoms with van der Waals surface area (Å²) in [4.78, 5) is 17.0. The molecule has 30 heavy (non-hydrogen) atoms. The van der Waals surface area contributed by atoms with E-state index in [1.54, 1.807) is 29.2 Å². The fourth-order valence-corrected chi connectivity index (χ4v) is 5.29. The largest absolute Gasteiger partial charge is 0.494 e. The maximum absolute atomic E-state index is 13.3. The number of amides is 1. The summed E-state index contributed by atoms with van der Waals surface area (Å²) in [5.74, 6) is 0.718. The Morgan fingerprint density at radius 1 is 1.07 bits per heavy atom. The van der Waals surface area contributed by atoms with Crippen molar-refractivity contribution in [1.82, 2.24) is 4.90 Å². The Morgan fingerprint density at radius 3 is 2.27 bits per heavy atom. The molecule has 2 aromatic rings. The normalized spacial score (nSPS) is 17.5. The van der Waals surface area contributed by atoms with Gasteiger partial charge in [-0.3, -0.25) is 4.79 Å². The molecule has 0 spiro atoms. The average molecular weight is 431 g/mol. The van der Waals surface area contributed by atoms with Gasteiger partial charge in [0.1, 0.15) is 5.75 Å². The summed E-state index contributed by atoms with van der Waals surface area (Å²) in [6.45, 7) is 3.04. The zero-order valence-corrected chi connectivity index (χ0v) is 18.7. The minimum atomic E-state index is -3.10. The minimum Gasteiger partial charge on any atom is -0.494 e. The number of nitrogens with zero attached hydrogens (tertiary/aromatic N) is 2. The zero-order chi connectivity index (χ0) is 21.7. The number of ether oxygens (including phenoxy) is 1. The maximum atomic E-state index is 13.3. The van der Waals surface area contributed by atoms with Crippen molar-refractivity contribution in [2.24, 2.45) is 0 Å². The molecular formula is C23H30N2O4S. The van der Waals surface area contributed by atoms with Crippen LogP contribution in [0.5, 0.6) is 5.75 Å². The number of sulfone groups is 1. The van der Waals surface area contributed by atoms with Crippen LogP contribution in [-0.4, -0.2) is 57.5 Å². The Bertz CT molecular complexity index is 954. The summed E-state index contributed by atoms with van der Waals surface area (Å²) < 4.78 is 29.7. The summed E-state index contributed by atoms with van der Waals surface area (Å²) in [6.07, 6.45) is 1.39. The highest BCUT2D eigenvalue weighted by Gasteiger charge is 2.35. The second-order valence-corrected chi connectivity index (χ2v) is 10.2. The number of carbonyl (C=O) groups is 1. The zero-order valence-electron chi connectivity index (χ0n) is 17.9.